The van der Waals surface area contributed by atoms with Gasteiger partial charge < -0.3 is 14.4 Å². The number of hydrogen-bond acceptors (Lipinski definition) is 4. The van der Waals surface area contributed by atoms with E-state index in [0.717, 1.165) is 49.2 Å². The number of benzene rings is 1. The fourth-order valence-electron chi connectivity index (χ4n) is 6.62. The molecule has 4 atom stereocenters. The van der Waals surface area contributed by atoms with Gasteiger partial charge in [0.1, 0.15) is 5.75 Å². The van der Waals surface area contributed by atoms with Gasteiger partial charge in [-0.05, 0) is 93.5 Å². The molecule has 4 heteroatoms. The average Bonchev–Trinajstić information content (AvgIpc) is 3.21. The molecule has 2 unspecified atom stereocenters. The van der Waals surface area contributed by atoms with Gasteiger partial charge in [-0.25, -0.2) is 0 Å². The smallest absolute Gasteiger partial charge is 0.120 e. The number of ether oxygens (including phenoxy) is 2. The Kier molecular flexibility index (Phi) is 7.71. The summed E-state index contributed by atoms with van der Waals surface area (Å²) in [6, 6.07) is 8.84. The third-order valence-electron chi connectivity index (χ3n) is 8.66. The van der Waals surface area contributed by atoms with Crippen LogP contribution >= 0.6 is 0 Å². The number of likely N-dealkylation sites (tertiary alicyclic amines) is 2. The first-order valence-corrected chi connectivity index (χ1v) is 13.5. The van der Waals surface area contributed by atoms with E-state index >= 15 is 0 Å². The van der Waals surface area contributed by atoms with E-state index in [-0.39, 0.29) is 0 Å². The second-order valence-electron chi connectivity index (χ2n) is 11.0. The van der Waals surface area contributed by atoms with Crippen molar-refractivity contribution in [3.63, 3.8) is 0 Å². The molecule has 2 heterocycles. The largest absolute Gasteiger partial charge is 0.490 e. The highest BCUT2D eigenvalue weighted by Crippen LogP contribution is 2.52. The molecule has 178 valence electrons. The van der Waals surface area contributed by atoms with Crippen molar-refractivity contribution < 1.29 is 9.47 Å². The summed E-state index contributed by atoms with van der Waals surface area (Å²) in [4.78, 5) is 5.26. The number of rotatable bonds is 11. The Bertz CT molecular complexity index is 701. The quantitative estimate of drug-likeness (QED) is 0.441. The zero-order chi connectivity index (χ0) is 21.8. The van der Waals surface area contributed by atoms with Gasteiger partial charge in [0.25, 0.3) is 0 Å². The number of hydrogen-bond donors (Lipinski definition) is 0. The van der Waals surface area contributed by atoms with Crippen molar-refractivity contribution >= 4 is 0 Å². The lowest BCUT2D eigenvalue weighted by atomic mass is 10.0. The van der Waals surface area contributed by atoms with Crippen LogP contribution in [0.3, 0.4) is 0 Å². The second kappa shape index (κ2) is 10.9. The van der Waals surface area contributed by atoms with Crippen molar-refractivity contribution in [2.24, 2.45) is 23.7 Å². The van der Waals surface area contributed by atoms with Crippen molar-refractivity contribution in [3.8, 4) is 5.75 Å². The van der Waals surface area contributed by atoms with Crippen molar-refractivity contribution in [1.82, 2.24) is 9.80 Å². The Morgan fingerprint density at radius 1 is 0.969 bits per heavy atom. The standard InChI is InChI=1S/C28H44N2O2/c1-22(24-10-3-4-11-24)32-25-12-7-9-23(17-25)18-30-19-26-27(20-30)28(26)21-31-16-8-15-29-13-5-2-6-14-29/h7,9,12,17,22,24,26-28H,2-6,8,10-11,13-16,18-21H2,1H3/t22?,26-,27+,28?. The topological polar surface area (TPSA) is 24.9 Å². The van der Waals surface area contributed by atoms with E-state index in [2.05, 4.69) is 41.0 Å². The molecule has 5 rings (SSSR count). The van der Waals surface area contributed by atoms with Crippen molar-refractivity contribution in [2.75, 3.05) is 45.9 Å². The van der Waals surface area contributed by atoms with Crippen molar-refractivity contribution in [3.05, 3.63) is 29.8 Å². The summed E-state index contributed by atoms with van der Waals surface area (Å²) in [6.07, 6.45) is 11.2. The molecule has 0 amide bonds. The molecule has 32 heavy (non-hydrogen) atoms. The third kappa shape index (κ3) is 5.87. The third-order valence-corrected chi connectivity index (χ3v) is 8.66. The number of piperidine rings is 2. The van der Waals surface area contributed by atoms with Gasteiger partial charge in [0, 0.05) is 32.8 Å². The van der Waals surface area contributed by atoms with Crippen LogP contribution in [0.5, 0.6) is 5.75 Å². The van der Waals surface area contributed by atoms with Crippen molar-refractivity contribution in [2.45, 2.75) is 70.9 Å². The molecular formula is C28H44N2O2. The maximum atomic E-state index is 6.32. The Morgan fingerprint density at radius 2 is 1.75 bits per heavy atom. The summed E-state index contributed by atoms with van der Waals surface area (Å²) in [7, 11) is 0. The molecule has 4 nitrogen and oxygen atoms in total. The van der Waals surface area contributed by atoms with E-state index < -0.39 is 0 Å². The predicted octanol–water partition coefficient (Wildman–Crippen LogP) is 5.21. The van der Waals surface area contributed by atoms with Gasteiger partial charge in [0.2, 0.25) is 0 Å². The lowest BCUT2D eigenvalue weighted by Gasteiger charge is -2.26. The molecule has 2 saturated carbocycles. The van der Waals surface area contributed by atoms with Gasteiger partial charge in [-0.3, -0.25) is 4.90 Å². The molecule has 0 aromatic heterocycles. The van der Waals surface area contributed by atoms with E-state index in [0.29, 0.717) is 6.10 Å². The minimum absolute atomic E-state index is 0.341. The highest BCUT2D eigenvalue weighted by Gasteiger charge is 2.55. The number of fused-ring (bicyclic) bond motifs is 1. The van der Waals surface area contributed by atoms with Crippen LogP contribution < -0.4 is 4.74 Å². The fraction of sp³-hybridized carbons (Fsp3) is 0.786. The highest BCUT2D eigenvalue weighted by molar-refractivity contribution is 5.29. The Balaban J connectivity index is 0.975. The van der Waals surface area contributed by atoms with E-state index in [9.17, 15) is 0 Å². The minimum atomic E-state index is 0.341. The Morgan fingerprint density at radius 3 is 2.53 bits per heavy atom. The maximum absolute atomic E-state index is 6.32. The summed E-state index contributed by atoms with van der Waals surface area (Å²) in [5, 5.41) is 0. The van der Waals surface area contributed by atoms with Gasteiger partial charge in [0.15, 0.2) is 0 Å². The van der Waals surface area contributed by atoms with E-state index in [4.69, 9.17) is 9.47 Å². The van der Waals surface area contributed by atoms with Gasteiger partial charge in [0.05, 0.1) is 12.7 Å². The van der Waals surface area contributed by atoms with E-state index in [1.165, 1.54) is 89.7 Å². The highest BCUT2D eigenvalue weighted by atomic mass is 16.5. The fourth-order valence-corrected chi connectivity index (χ4v) is 6.62. The summed E-state index contributed by atoms with van der Waals surface area (Å²) in [5.41, 5.74) is 1.40. The lowest BCUT2D eigenvalue weighted by Crippen LogP contribution is -2.31. The lowest BCUT2D eigenvalue weighted by molar-refractivity contribution is 0.0967. The Hall–Kier alpha value is -1.10. The van der Waals surface area contributed by atoms with Crippen LogP contribution in [-0.2, 0) is 11.3 Å². The normalized spacial score (nSPS) is 29.8. The first-order valence-electron chi connectivity index (χ1n) is 13.5. The minimum Gasteiger partial charge on any atom is -0.490 e. The molecule has 0 radical (unpaired) electrons. The summed E-state index contributed by atoms with van der Waals surface area (Å²) < 4.78 is 12.4. The summed E-state index contributed by atoms with van der Waals surface area (Å²) in [6.45, 7) is 11.6. The zero-order valence-electron chi connectivity index (χ0n) is 20.2. The van der Waals surface area contributed by atoms with Crippen LogP contribution in [0, 0.1) is 23.7 Å². The van der Waals surface area contributed by atoms with Crippen molar-refractivity contribution in [1.29, 1.82) is 0 Å². The van der Waals surface area contributed by atoms with Crippen LogP contribution in [-0.4, -0.2) is 61.8 Å². The van der Waals surface area contributed by atoms with Crippen LogP contribution in [0.2, 0.25) is 0 Å². The zero-order valence-corrected chi connectivity index (χ0v) is 20.2. The van der Waals surface area contributed by atoms with Crippen LogP contribution in [0.15, 0.2) is 24.3 Å². The maximum Gasteiger partial charge on any atom is 0.120 e. The predicted molar refractivity (Wildman–Crippen MR) is 130 cm³/mol. The van der Waals surface area contributed by atoms with Crippen LogP contribution in [0.4, 0.5) is 0 Å². The molecule has 1 aromatic rings. The molecule has 0 spiro atoms. The van der Waals surface area contributed by atoms with Gasteiger partial charge in [-0.2, -0.15) is 0 Å². The summed E-state index contributed by atoms with van der Waals surface area (Å²) >= 11 is 0. The molecule has 0 bridgehead atoms. The first kappa shape index (κ1) is 22.7. The Labute approximate surface area is 195 Å². The molecule has 4 aliphatic rings. The molecular weight excluding hydrogens is 396 g/mol. The second-order valence-corrected chi connectivity index (χ2v) is 11.0. The molecule has 4 fully saturated rings. The van der Waals surface area contributed by atoms with Gasteiger partial charge in [-0.15, -0.1) is 0 Å². The average molecular weight is 441 g/mol. The molecule has 0 N–H and O–H groups in total. The van der Waals surface area contributed by atoms with Crippen LogP contribution in [0.25, 0.3) is 0 Å². The summed E-state index contributed by atoms with van der Waals surface area (Å²) in [5.74, 6) is 4.37. The number of nitrogens with zero attached hydrogens (tertiary/aromatic N) is 2. The van der Waals surface area contributed by atoms with Crippen LogP contribution in [0.1, 0.15) is 63.9 Å². The van der Waals surface area contributed by atoms with Gasteiger partial charge >= 0.3 is 0 Å². The first-order chi connectivity index (χ1) is 15.8. The monoisotopic (exact) mass is 440 g/mol. The van der Waals surface area contributed by atoms with Gasteiger partial charge in [-0.1, -0.05) is 31.4 Å². The SMILES string of the molecule is CC(Oc1cccc(CN2C[C@@H]3C(COCCCN4CCCCC4)[C@@H]3C2)c1)C1CCCC1. The molecule has 2 aliphatic carbocycles. The van der Waals surface area contributed by atoms with E-state index in [1.54, 1.807) is 0 Å². The molecule has 2 aliphatic heterocycles. The van der Waals surface area contributed by atoms with E-state index in [1.807, 2.05) is 0 Å². The molecule has 1 aromatic carbocycles. The molecule has 2 saturated heterocycles.